The zero-order valence-corrected chi connectivity index (χ0v) is 17.7. The van der Waals surface area contributed by atoms with Crippen LogP contribution in [-0.2, 0) is 26.6 Å². The molecule has 0 unspecified atom stereocenters. The van der Waals surface area contributed by atoms with Crippen LogP contribution in [-0.4, -0.2) is 17.0 Å². The second-order valence-electron chi connectivity index (χ2n) is 7.23. The molecule has 4 aromatic rings. The number of halogens is 1. The minimum atomic E-state index is -0.434. The van der Waals surface area contributed by atoms with Crippen LogP contribution in [0, 0.1) is 0 Å². The maximum absolute atomic E-state index is 12.9. The number of carbonyl (C=O) groups excluding carboxylic acids is 1. The Morgan fingerprint density at radius 1 is 1.13 bits per heavy atom. The first-order valence-electron chi connectivity index (χ1n) is 9.89. The van der Waals surface area contributed by atoms with Crippen molar-refractivity contribution in [3.63, 3.8) is 0 Å². The molecular weight excluding hydrogens is 418 g/mol. The molecule has 0 saturated carbocycles. The summed E-state index contributed by atoms with van der Waals surface area (Å²) in [7, 11) is 1.75. The average molecular weight is 440 g/mol. The van der Waals surface area contributed by atoms with Gasteiger partial charge in [0.1, 0.15) is 17.1 Å². The number of nitrogens with zero attached hydrogens (tertiary/aromatic N) is 1. The number of rotatable bonds is 8. The molecule has 0 radical (unpaired) electrons. The van der Waals surface area contributed by atoms with Crippen molar-refractivity contribution in [2.75, 3.05) is 6.54 Å². The largest absolute Gasteiger partial charge is 0.469 e. The Balaban J connectivity index is 1.44. The SMILES string of the molecule is Cn1cc(C(=O)NCc2ccc(Cl)cc2)c(=O)c2cc(CNCCc3ccco3)oc21. The summed E-state index contributed by atoms with van der Waals surface area (Å²) in [6.07, 6.45) is 3.90. The van der Waals surface area contributed by atoms with E-state index >= 15 is 0 Å². The van der Waals surface area contributed by atoms with E-state index in [0.717, 1.165) is 17.7 Å². The van der Waals surface area contributed by atoms with Gasteiger partial charge in [-0.15, -0.1) is 0 Å². The highest BCUT2D eigenvalue weighted by Gasteiger charge is 2.17. The summed E-state index contributed by atoms with van der Waals surface area (Å²) in [6.45, 7) is 1.47. The molecule has 0 aliphatic heterocycles. The van der Waals surface area contributed by atoms with Gasteiger partial charge in [-0.25, -0.2) is 0 Å². The summed E-state index contributed by atoms with van der Waals surface area (Å²) in [4.78, 5) is 25.5. The second-order valence-corrected chi connectivity index (χ2v) is 7.67. The van der Waals surface area contributed by atoms with Gasteiger partial charge in [0.25, 0.3) is 5.91 Å². The molecule has 3 aromatic heterocycles. The molecule has 0 aliphatic carbocycles. The van der Waals surface area contributed by atoms with Gasteiger partial charge in [-0.1, -0.05) is 23.7 Å². The Hall–Kier alpha value is -3.29. The molecule has 0 spiro atoms. The van der Waals surface area contributed by atoms with Gasteiger partial charge in [-0.3, -0.25) is 9.59 Å². The predicted molar refractivity (Wildman–Crippen MR) is 118 cm³/mol. The zero-order valence-electron chi connectivity index (χ0n) is 17.0. The molecule has 7 nitrogen and oxygen atoms in total. The van der Waals surface area contributed by atoms with Crippen molar-refractivity contribution in [2.45, 2.75) is 19.5 Å². The number of hydrogen-bond donors (Lipinski definition) is 2. The number of furan rings is 2. The van der Waals surface area contributed by atoms with E-state index < -0.39 is 5.91 Å². The molecule has 1 amide bonds. The summed E-state index contributed by atoms with van der Waals surface area (Å²) in [6, 6.07) is 12.6. The first kappa shape index (κ1) is 21.0. The van der Waals surface area contributed by atoms with Crippen LogP contribution in [0.25, 0.3) is 11.1 Å². The maximum atomic E-state index is 12.9. The molecule has 3 heterocycles. The molecular formula is C23H22ClN3O4. The van der Waals surface area contributed by atoms with E-state index in [2.05, 4.69) is 10.6 Å². The molecule has 31 heavy (non-hydrogen) atoms. The normalized spacial score (nSPS) is 11.2. The summed E-state index contributed by atoms with van der Waals surface area (Å²) >= 11 is 5.88. The van der Waals surface area contributed by atoms with Crippen LogP contribution in [0.5, 0.6) is 0 Å². The number of amides is 1. The van der Waals surface area contributed by atoms with E-state index in [1.54, 1.807) is 36.1 Å². The van der Waals surface area contributed by atoms with E-state index in [1.807, 2.05) is 24.3 Å². The van der Waals surface area contributed by atoms with Crippen LogP contribution >= 0.6 is 11.6 Å². The lowest BCUT2D eigenvalue weighted by Crippen LogP contribution is -2.29. The Bertz CT molecular complexity index is 1240. The number of hydrogen-bond acceptors (Lipinski definition) is 5. The summed E-state index contributed by atoms with van der Waals surface area (Å²) in [5.41, 5.74) is 1.04. The van der Waals surface area contributed by atoms with Gasteiger partial charge in [-0.05, 0) is 35.9 Å². The smallest absolute Gasteiger partial charge is 0.257 e. The lowest BCUT2D eigenvalue weighted by molar-refractivity contribution is 0.0949. The zero-order chi connectivity index (χ0) is 21.8. The summed E-state index contributed by atoms with van der Waals surface area (Å²) < 4.78 is 12.8. The number of aryl methyl sites for hydroxylation is 1. The standard InChI is InChI=1S/C23H22ClN3O4/c1-27-14-20(22(29)26-12-15-4-6-16(24)7-5-15)21(28)19-11-18(31-23(19)27)13-25-9-8-17-3-2-10-30-17/h2-7,10-11,14,25H,8-9,12-13H2,1H3,(H,26,29). The number of aromatic nitrogens is 1. The second kappa shape index (κ2) is 9.24. The highest BCUT2D eigenvalue weighted by atomic mass is 35.5. The van der Waals surface area contributed by atoms with Crippen molar-refractivity contribution in [1.82, 2.24) is 15.2 Å². The average Bonchev–Trinajstić information content (AvgIpc) is 3.43. The lowest BCUT2D eigenvalue weighted by Gasteiger charge is -2.07. The number of benzene rings is 1. The van der Waals surface area contributed by atoms with Crippen LogP contribution in [0.1, 0.15) is 27.4 Å². The van der Waals surface area contributed by atoms with Crippen molar-refractivity contribution in [3.05, 3.63) is 92.8 Å². The Morgan fingerprint density at radius 2 is 1.94 bits per heavy atom. The topological polar surface area (TPSA) is 89.4 Å². The van der Waals surface area contributed by atoms with Crippen molar-refractivity contribution in [3.8, 4) is 0 Å². The van der Waals surface area contributed by atoms with Crippen molar-refractivity contribution in [1.29, 1.82) is 0 Å². The quantitative estimate of drug-likeness (QED) is 0.409. The molecule has 0 bridgehead atoms. The summed E-state index contributed by atoms with van der Waals surface area (Å²) in [5.74, 6) is 1.09. The molecule has 2 N–H and O–H groups in total. The number of fused-ring (bicyclic) bond motifs is 1. The number of carbonyl (C=O) groups is 1. The number of pyridine rings is 1. The van der Waals surface area contributed by atoms with Gasteiger partial charge in [0.05, 0.1) is 18.2 Å². The first-order chi connectivity index (χ1) is 15.0. The van der Waals surface area contributed by atoms with E-state index in [1.165, 1.54) is 6.20 Å². The third kappa shape index (κ3) is 4.90. The Kier molecular flexibility index (Phi) is 6.25. The van der Waals surface area contributed by atoms with Gasteiger partial charge in [-0.2, -0.15) is 0 Å². The van der Waals surface area contributed by atoms with Crippen LogP contribution in [0.15, 0.2) is 68.6 Å². The molecule has 0 atom stereocenters. The lowest BCUT2D eigenvalue weighted by atomic mass is 10.2. The highest BCUT2D eigenvalue weighted by molar-refractivity contribution is 6.30. The van der Waals surface area contributed by atoms with Gasteiger partial charge in [0.2, 0.25) is 11.1 Å². The predicted octanol–water partition coefficient (Wildman–Crippen LogP) is 3.64. The van der Waals surface area contributed by atoms with E-state index in [9.17, 15) is 9.59 Å². The van der Waals surface area contributed by atoms with E-state index in [4.69, 9.17) is 20.4 Å². The van der Waals surface area contributed by atoms with Crippen molar-refractivity contribution in [2.24, 2.45) is 7.05 Å². The van der Waals surface area contributed by atoms with Crippen molar-refractivity contribution < 1.29 is 13.6 Å². The van der Waals surface area contributed by atoms with Crippen LogP contribution in [0.4, 0.5) is 0 Å². The molecule has 160 valence electrons. The fraction of sp³-hybridized carbons (Fsp3) is 0.217. The van der Waals surface area contributed by atoms with E-state index in [0.29, 0.717) is 41.5 Å². The molecule has 1 aromatic carbocycles. The minimum Gasteiger partial charge on any atom is -0.469 e. The third-order valence-electron chi connectivity index (χ3n) is 4.93. The fourth-order valence-electron chi connectivity index (χ4n) is 3.32. The third-order valence-corrected chi connectivity index (χ3v) is 5.19. The Labute approximate surface area is 183 Å². The van der Waals surface area contributed by atoms with E-state index in [-0.39, 0.29) is 11.0 Å². The molecule has 0 fully saturated rings. The van der Waals surface area contributed by atoms with Crippen LogP contribution < -0.4 is 16.1 Å². The monoisotopic (exact) mass is 439 g/mol. The molecule has 0 aliphatic rings. The minimum absolute atomic E-state index is 0.0714. The highest BCUT2D eigenvalue weighted by Crippen LogP contribution is 2.17. The number of nitrogens with one attached hydrogen (secondary N) is 2. The van der Waals surface area contributed by atoms with Gasteiger partial charge < -0.3 is 24.0 Å². The maximum Gasteiger partial charge on any atom is 0.257 e. The van der Waals surface area contributed by atoms with Gasteiger partial charge in [0, 0.05) is 37.8 Å². The Morgan fingerprint density at radius 3 is 2.68 bits per heavy atom. The first-order valence-corrected chi connectivity index (χ1v) is 10.3. The fourth-order valence-corrected chi connectivity index (χ4v) is 3.44. The van der Waals surface area contributed by atoms with Crippen LogP contribution in [0.3, 0.4) is 0 Å². The van der Waals surface area contributed by atoms with Crippen LogP contribution in [0.2, 0.25) is 5.02 Å². The van der Waals surface area contributed by atoms with Crippen molar-refractivity contribution >= 4 is 28.6 Å². The molecule has 0 saturated heterocycles. The molecule has 8 heteroatoms. The molecule has 4 rings (SSSR count). The van der Waals surface area contributed by atoms with Gasteiger partial charge >= 0.3 is 0 Å². The van der Waals surface area contributed by atoms with Gasteiger partial charge in [0.15, 0.2) is 0 Å². The summed E-state index contributed by atoms with van der Waals surface area (Å²) in [5, 5.41) is 7.05.